The summed E-state index contributed by atoms with van der Waals surface area (Å²) in [5, 5.41) is 9.00. The molecule has 3 aromatic heterocycles. The van der Waals surface area contributed by atoms with Crippen LogP contribution in [0, 0.1) is 6.92 Å². The standard InChI is InChI=1S/C18H17F3N4O3/c1-9-7-12(18(19,20)21)14(16(26)24(9)2)11-4-3-10(8-13(22)17(27)28)25-6-5-23-15(11)25/h3-7,13H,8,22H2,1-2H3,(H,27,28)/t13-/m0/s1. The number of nitrogens with two attached hydrogens (primary N) is 1. The third-order valence-corrected chi connectivity index (χ3v) is 4.62. The summed E-state index contributed by atoms with van der Waals surface area (Å²) in [6, 6.07) is 2.53. The minimum Gasteiger partial charge on any atom is -0.480 e. The zero-order chi connectivity index (χ0) is 20.8. The quantitative estimate of drug-likeness (QED) is 0.705. The van der Waals surface area contributed by atoms with Gasteiger partial charge in [-0.15, -0.1) is 0 Å². The number of carboxylic acids is 1. The fourth-order valence-electron chi connectivity index (χ4n) is 3.05. The van der Waals surface area contributed by atoms with E-state index in [1.165, 1.54) is 42.9 Å². The first-order valence-electron chi connectivity index (χ1n) is 8.24. The molecule has 0 saturated heterocycles. The summed E-state index contributed by atoms with van der Waals surface area (Å²) in [7, 11) is 1.39. The van der Waals surface area contributed by atoms with Gasteiger partial charge in [0.25, 0.3) is 5.56 Å². The van der Waals surface area contributed by atoms with Crippen LogP contribution >= 0.6 is 0 Å². The molecule has 0 aliphatic rings. The predicted molar refractivity (Wildman–Crippen MR) is 94.9 cm³/mol. The summed E-state index contributed by atoms with van der Waals surface area (Å²) in [4.78, 5) is 27.8. The summed E-state index contributed by atoms with van der Waals surface area (Å²) in [5.41, 5.74) is 3.94. The van der Waals surface area contributed by atoms with Crippen LogP contribution in [0.15, 0.2) is 35.4 Å². The highest BCUT2D eigenvalue weighted by molar-refractivity contribution is 5.80. The zero-order valence-corrected chi connectivity index (χ0v) is 15.0. The highest BCUT2D eigenvalue weighted by Gasteiger charge is 2.36. The number of pyridine rings is 2. The maximum absolute atomic E-state index is 13.6. The van der Waals surface area contributed by atoms with Gasteiger partial charge in [0, 0.05) is 42.8 Å². The maximum atomic E-state index is 13.6. The van der Waals surface area contributed by atoms with Gasteiger partial charge in [0.05, 0.1) is 11.1 Å². The van der Waals surface area contributed by atoms with Crippen molar-refractivity contribution in [3.8, 4) is 11.1 Å². The molecule has 28 heavy (non-hydrogen) atoms. The number of aryl methyl sites for hydroxylation is 1. The lowest BCUT2D eigenvalue weighted by atomic mass is 10.00. The van der Waals surface area contributed by atoms with E-state index < -0.39 is 34.9 Å². The third-order valence-electron chi connectivity index (χ3n) is 4.62. The van der Waals surface area contributed by atoms with Gasteiger partial charge in [-0.05, 0) is 25.1 Å². The second kappa shape index (κ2) is 6.79. The third kappa shape index (κ3) is 3.26. The van der Waals surface area contributed by atoms with Crippen LogP contribution < -0.4 is 11.3 Å². The Morgan fingerprint density at radius 2 is 2.04 bits per heavy atom. The number of rotatable bonds is 4. The van der Waals surface area contributed by atoms with Crippen molar-refractivity contribution >= 4 is 11.6 Å². The number of hydrogen-bond donors (Lipinski definition) is 2. The largest absolute Gasteiger partial charge is 0.480 e. The lowest BCUT2D eigenvalue weighted by Gasteiger charge is -2.17. The summed E-state index contributed by atoms with van der Waals surface area (Å²) >= 11 is 0. The van der Waals surface area contributed by atoms with Crippen molar-refractivity contribution in [1.82, 2.24) is 14.0 Å². The van der Waals surface area contributed by atoms with Crippen LogP contribution in [0.1, 0.15) is 17.0 Å². The van der Waals surface area contributed by atoms with Crippen LogP contribution in [-0.2, 0) is 24.4 Å². The highest BCUT2D eigenvalue weighted by atomic mass is 19.4. The lowest BCUT2D eigenvalue weighted by molar-refractivity contribution is -0.139. The van der Waals surface area contributed by atoms with Gasteiger partial charge in [-0.25, -0.2) is 4.98 Å². The van der Waals surface area contributed by atoms with E-state index in [0.717, 1.165) is 10.6 Å². The molecule has 0 saturated carbocycles. The van der Waals surface area contributed by atoms with Crippen LogP contribution in [-0.4, -0.2) is 31.1 Å². The van der Waals surface area contributed by atoms with Crippen LogP contribution in [0.4, 0.5) is 13.2 Å². The van der Waals surface area contributed by atoms with Gasteiger partial charge in [0.15, 0.2) is 0 Å². The first-order chi connectivity index (χ1) is 13.0. The summed E-state index contributed by atoms with van der Waals surface area (Å²) in [6.45, 7) is 1.42. The first-order valence-corrected chi connectivity index (χ1v) is 8.24. The van der Waals surface area contributed by atoms with Crippen molar-refractivity contribution in [2.24, 2.45) is 12.8 Å². The molecule has 0 spiro atoms. The number of aromatic nitrogens is 3. The van der Waals surface area contributed by atoms with Gasteiger partial charge >= 0.3 is 12.1 Å². The number of carbonyl (C=O) groups is 1. The normalized spacial score (nSPS) is 13.1. The monoisotopic (exact) mass is 394 g/mol. The number of alkyl halides is 3. The average molecular weight is 394 g/mol. The van der Waals surface area contributed by atoms with Crippen molar-refractivity contribution in [3.05, 3.63) is 57.9 Å². The Balaban J connectivity index is 2.30. The molecule has 0 bridgehead atoms. The summed E-state index contributed by atoms with van der Waals surface area (Å²) < 4.78 is 43.5. The van der Waals surface area contributed by atoms with E-state index in [2.05, 4.69) is 4.98 Å². The Bertz CT molecular complexity index is 1130. The first kappa shape index (κ1) is 19.6. The zero-order valence-electron chi connectivity index (χ0n) is 15.0. The van der Waals surface area contributed by atoms with Crippen LogP contribution in [0.2, 0.25) is 0 Å². The molecule has 10 heteroatoms. The van der Waals surface area contributed by atoms with E-state index in [9.17, 15) is 22.8 Å². The molecule has 3 aromatic rings. The summed E-state index contributed by atoms with van der Waals surface area (Å²) in [6.07, 6.45) is -1.95. The second-order valence-corrected chi connectivity index (χ2v) is 6.44. The fourth-order valence-corrected chi connectivity index (χ4v) is 3.05. The number of fused-ring (bicyclic) bond motifs is 1. The molecule has 0 radical (unpaired) electrons. The topological polar surface area (TPSA) is 103 Å². The van der Waals surface area contributed by atoms with Gasteiger partial charge in [-0.1, -0.05) is 0 Å². The van der Waals surface area contributed by atoms with Gasteiger partial charge in [-0.2, -0.15) is 13.2 Å². The lowest BCUT2D eigenvalue weighted by Crippen LogP contribution is -2.33. The maximum Gasteiger partial charge on any atom is 0.417 e. The van der Waals surface area contributed by atoms with Crippen LogP contribution in [0.3, 0.4) is 0 Å². The van der Waals surface area contributed by atoms with Gasteiger partial charge in [0.2, 0.25) is 0 Å². The molecule has 0 aliphatic heterocycles. The molecule has 0 amide bonds. The van der Waals surface area contributed by atoms with E-state index in [0.29, 0.717) is 5.69 Å². The number of hydrogen-bond acceptors (Lipinski definition) is 4. The van der Waals surface area contributed by atoms with Crippen molar-refractivity contribution < 1.29 is 23.1 Å². The molecule has 3 rings (SSSR count). The Morgan fingerprint density at radius 1 is 1.36 bits per heavy atom. The number of aliphatic carboxylic acids is 1. The van der Waals surface area contributed by atoms with E-state index in [4.69, 9.17) is 10.8 Å². The molecule has 3 heterocycles. The molecule has 0 aliphatic carbocycles. The molecular formula is C18H17F3N4O3. The molecule has 3 N–H and O–H groups in total. The van der Waals surface area contributed by atoms with Crippen molar-refractivity contribution in [1.29, 1.82) is 0 Å². The number of imidazole rings is 1. The number of nitrogens with zero attached hydrogens (tertiary/aromatic N) is 3. The number of halogens is 3. The molecule has 148 valence electrons. The minimum atomic E-state index is -4.73. The minimum absolute atomic E-state index is 0.00516. The summed E-state index contributed by atoms with van der Waals surface area (Å²) in [5.74, 6) is -1.20. The van der Waals surface area contributed by atoms with Gasteiger partial charge in [-0.3, -0.25) is 9.59 Å². The Morgan fingerprint density at radius 3 is 2.64 bits per heavy atom. The Labute approximate surface area is 156 Å². The van der Waals surface area contributed by atoms with Crippen LogP contribution in [0.5, 0.6) is 0 Å². The smallest absolute Gasteiger partial charge is 0.417 e. The van der Waals surface area contributed by atoms with Gasteiger partial charge < -0.3 is 19.8 Å². The van der Waals surface area contributed by atoms with E-state index in [1.54, 1.807) is 0 Å². The second-order valence-electron chi connectivity index (χ2n) is 6.44. The molecular weight excluding hydrogens is 377 g/mol. The SMILES string of the molecule is Cc1cc(C(F)(F)F)c(-c2ccc(C[C@H](N)C(=O)O)n3ccnc23)c(=O)n1C. The molecule has 7 nitrogen and oxygen atoms in total. The van der Waals surface area contributed by atoms with E-state index in [1.807, 2.05) is 0 Å². The molecule has 0 fully saturated rings. The predicted octanol–water partition coefficient (Wildman–Crippen LogP) is 1.98. The highest BCUT2D eigenvalue weighted by Crippen LogP contribution is 2.37. The van der Waals surface area contributed by atoms with Crippen molar-refractivity contribution in [3.63, 3.8) is 0 Å². The van der Waals surface area contributed by atoms with Crippen molar-refractivity contribution in [2.45, 2.75) is 25.6 Å². The average Bonchev–Trinajstić information content (AvgIpc) is 3.09. The Hall–Kier alpha value is -3.14. The van der Waals surface area contributed by atoms with Crippen LogP contribution in [0.25, 0.3) is 16.8 Å². The van der Waals surface area contributed by atoms with E-state index in [-0.39, 0.29) is 23.3 Å². The molecule has 0 aromatic carbocycles. The van der Waals surface area contributed by atoms with Crippen molar-refractivity contribution in [2.75, 3.05) is 0 Å². The number of carboxylic acid groups (broad SMARTS) is 1. The van der Waals surface area contributed by atoms with E-state index >= 15 is 0 Å². The Kier molecular flexibility index (Phi) is 4.76. The molecule has 1 atom stereocenters. The molecule has 0 unspecified atom stereocenters. The van der Waals surface area contributed by atoms with Gasteiger partial charge in [0.1, 0.15) is 11.7 Å². The fraction of sp³-hybridized carbons (Fsp3) is 0.278.